The largest absolute Gasteiger partial charge is 0.394 e. The number of aliphatic hydroxyl groups is 2. The summed E-state index contributed by atoms with van der Waals surface area (Å²) < 4.78 is 0. The molecule has 1 amide bonds. The van der Waals surface area contributed by atoms with Crippen LogP contribution in [0.3, 0.4) is 0 Å². The Labute approximate surface area is 149 Å². The summed E-state index contributed by atoms with van der Waals surface area (Å²) in [6.07, 6.45) is 3.47. The number of carbonyl (C=O) groups excluding carboxylic acids is 1. The van der Waals surface area contributed by atoms with Gasteiger partial charge in [-0.1, -0.05) is 12.1 Å². The third-order valence-corrected chi connectivity index (χ3v) is 5.61. The van der Waals surface area contributed by atoms with Gasteiger partial charge in [0.2, 0.25) is 0 Å². The Morgan fingerprint density at radius 1 is 1.38 bits per heavy atom. The van der Waals surface area contributed by atoms with Crippen LogP contribution in [0.2, 0.25) is 0 Å². The van der Waals surface area contributed by atoms with Crippen LogP contribution in [0.5, 0.6) is 0 Å². The lowest BCUT2D eigenvalue weighted by Gasteiger charge is -2.29. The minimum absolute atomic E-state index is 0.0144. The van der Waals surface area contributed by atoms with E-state index in [2.05, 4.69) is 5.32 Å². The number of rotatable bonds is 7. The molecular formula is C19H29NO3S. The zero-order valence-electron chi connectivity index (χ0n) is 14.6. The van der Waals surface area contributed by atoms with Gasteiger partial charge in [0.15, 0.2) is 0 Å². The van der Waals surface area contributed by atoms with Crippen LogP contribution in [0, 0.1) is 5.92 Å². The molecule has 1 aliphatic rings. The van der Waals surface area contributed by atoms with Crippen molar-refractivity contribution in [1.82, 2.24) is 5.32 Å². The van der Waals surface area contributed by atoms with Crippen LogP contribution in [-0.2, 0) is 6.42 Å². The van der Waals surface area contributed by atoms with Crippen molar-refractivity contribution in [3.05, 3.63) is 35.4 Å². The monoisotopic (exact) mass is 351 g/mol. The maximum absolute atomic E-state index is 12.5. The number of hydrogen-bond acceptors (Lipinski definition) is 4. The second kappa shape index (κ2) is 8.88. The fraction of sp³-hybridized carbons (Fsp3) is 0.632. The smallest absolute Gasteiger partial charge is 0.251 e. The maximum atomic E-state index is 12.5. The average Bonchev–Trinajstić information content (AvgIpc) is 2.58. The van der Waals surface area contributed by atoms with Crippen LogP contribution in [-0.4, -0.2) is 45.9 Å². The maximum Gasteiger partial charge on any atom is 0.251 e. The molecule has 5 heteroatoms. The van der Waals surface area contributed by atoms with Crippen LogP contribution in [0.4, 0.5) is 0 Å². The van der Waals surface area contributed by atoms with Crippen molar-refractivity contribution in [2.75, 3.05) is 18.1 Å². The van der Waals surface area contributed by atoms with E-state index < -0.39 is 5.60 Å². The van der Waals surface area contributed by atoms with Gasteiger partial charge in [0, 0.05) is 5.56 Å². The van der Waals surface area contributed by atoms with Gasteiger partial charge >= 0.3 is 0 Å². The van der Waals surface area contributed by atoms with Gasteiger partial charge in [-0.2, -0.15) is 11.8 Å². The predicted octanol–water partition coefficient (Wildman–Crippen LogP) is 2.62. The number of hydrogen-bond donors (Lipinski definition) is 3. The van der Waals surface area contributed by atoms with E-state index in [1.807, 2.05) is 30.0 Å². The SMILES string of the molecule is CC(C)(O)CCc1cccc(C(=O)N[C@@H](CO)C2CCSCC2)c1. The average molecular weight is 352 g/mol. The van der Waals surface area contributed by atoms with Crippen molar-refractivity contribution in [3.63, 3.8) is 0 Å². The highest BCUT2D eigenvalue weighted by atomic mass is 32.2. The zero-order valence-corrected chi connectivity index (χ0v) is 15.4. The third-order valence-electron chi connectivity index (χ3n) is 4.56. The van der Waals surface area contributed by atoms with Crippen molar-refractivity contribution in [2.24, 2.45) is 5.92 Å². The minimum atomic E-state index is -0.709. The molecule has 0 radical (unpaired) electrons. The molecule has 0 aromatic heterocycles. The van der Waals surface area contributed by atoms with Crippen LogP contribution in [0.15, 0.2) is 24.3 Å². The van der Waals surface area contributed by atoms with Crippen molar-refractivity contribution >= 4 is 17.7 Å². The molecule has 1 aromatic rings. The molecule has 0 bridgehead atoms. The molecule has 134 valence electrons. The van der Waals surface area contributed by atoms with Gasteiger partial charge in [-0.05, 0) is 74.7 Å². The topological polar surface area (TPSA) is 69.6 Å². The second-order valence-electron chi connectivity index (χ2n) is 7.23. The lowest BCUT2D eigenvalue weighted by Crippen LogP contribution is -2.44. The summed E-state index contributed by atoms with van der Waals surface area (Å²) in [5, 5.41) is 22.5. The van der Waals surface area contributed by atoms with Crippen molar-refractivity contribution in [1.29, 1.82) is 0 Å². The first kappa shape index (κ1) is 19.3. The Morgan fingerprint density at radius 3 is 2.71 bits per heavy atom. The Bertz CT molecular complexity index is 536. The van der Waals surface area contributed by atoms with Crippen LogP contribution in [0.1, 0.15) is 49.0 Å². The highest BCUT2D eigenvalue weighted by Crippen LogP contribution is 2.25. The second-order valence-corrected chi connectivity index (χ2v) is 8.45. The van der Waals surface area contributed by atoms with Gasteiger partial charge in [0.05, 0.1) is 18.2 Å². The number of thioether (sulfide) groups is 1. The predicted molar refractivity (Wildman–Crippen MR) is 99.4 cm³/mol. The van der Waals surface area contributed by atoms with Crippen LogP contribution < -0.4 is 5.32 Å². The van der Waals surface area contributed by atoms with E-state index in [-0.39, 0.29) is 18.6 Å². The summed E-state index contributed by atoms with van der Waals surface area (Å²) in [6, 6.07) is 7.36. The molecule has 1 heterocycles. The molecule has 1 saturated heterocycles. The molecule has 1 aromatic carbocycles. The Morgan fingerprint density at radius 2 is 2.08 bits per heavy atom. The first-order chi connectivity index (χ1) is 11.4. The number of benzene rings is 1. The zero-order chi connectivity index (χ0) is 17.6. The van der Waals surface area contributed by atoms with Gasteiger partial charge in [-0.15, -0.1) is 0 Å². The highest BCUT2D eigenvalue weighted by molar-refractivity contribution is 7.99. The molecule has 0 saturated carbocycles. The molecule has 4 nitrogen and oxygen atoms in total. The van der Waals surface area contributed by atoms with E-state index in [1.54, 1.807) is 19.9 Å². The van der Waals surface area contributed by atoms with E-state index in [0.717, 1.165) is 36.3 Å². The summed E-state index contributed by atoms with van der Waals surface area (Å²) in [5.41, 5.74) is 0.949. The fourth-order valence-electron chi connectivity index (χ4n) is 3.00. The third kappa shape index (κ3) is 6.11. The quantitative estimate of drug-likeness (QED) is 0.706. The first-order valence-corrected chi connectivity index (χ1v) is 9.85. The molecule has 1 aliphatic heterocycles. The molecule has 3 N–H and O–H groups in total. The molecular weight excluding hydrogens is 322 g/mol. The summed E-state index contributed by atoms with van der Waals surface area (Å²) in [4.78, 5) is 12.5. The summed E-state index contributed by atoms with van der Waals surface area (Å²) in [7, 11) is 0. The van der Waals surface area contributed by atoms with Gasteiger partial charge in [-0.3, -0.25) is 4.79 Å². The van der Waals surface area contributed by atoms with Crippen LogP contribution in [0.25, 0.3) is 0 Å². The highest BCUT2D eigenvalue weighted by Gasteiger charge is 2.25. The molecule has 0 unspecified atom stereocenters. The van der Waals surface area contributed by atoms with E-state index in [4.69, 9.17) is 0 Å². The Balaban J connectivity index is 1.97. The van der Waals surface area contributed by atoms with E-state index in [9.17, 15) is 15.0 Å². The van der Waals surface area contributed by atoms with Gasteiger partial charge in [0.1, 0.15) is 0 Å². The standard InChI is InChI=1S/C19H29NO3S/c1-19(2,23)9-6-14-4-3-5-16(12-14)18(22)20-17(13-21)15-7-10-24-11-8-15/h3-5,12,15,17,21,23H,6-11,13H2,1-2H3,(H,20,22)/t17-/m0/s1. The molecule has 24 heavy (non-hydrogen) atoms. The number of aryl methyl sites for hydroxylation is 1. The number of aliphatic hydroxyl groups excluding tert-OH is 1. The molecule has 0 spiro atoms. The molecule has 1 atom stereocenters. The summed E-state index contributed by atoms with van der Waals surface area (Å²) in [6.45, 7) is 3.56. The normalized spacial score (nSPS) is 17.5. The van der Waals surface area contributed by atoms with Crippen molar-refractivity contribution in [3.8, 4) is 0 Å². The van der Waals surface area contributed by atoms with Crippen LogP contribution >= 0.6 is 11.8 Å². The number of nitrogens with one attached hydrogen (secondary N) is 1. The van der Waals surface area contributed by atoms with Crippen molar-refractivity contribution < 1.29 is 15.0 Å². The molecule has 1 fully saturated rings. The van der Waals surface area contributed by atoms with Gasteiger partial charge in [0.25, 0.3) is 5.91 Å². The first-order valence-electron chi connectivity index (χ1n) is 8.70. The lowest BCUT2D eigenvalue weighted by atomic mass is 9.93. The van der Waals surface area contributed by atoms with E-state index in [1.165, 1.54) is 0 Å². The molecule has 2 rings (SSSR count). The van der Waals surface area contributed by atoms with E-state index >= 15 is 0 Å². The van der Waals surface area contributed by atoms with E-state index in [0.29, 0.717) is 17.9 Å². The minimum Gasteiger partial charge on any atom is -0.394 e. The van der Waals surface area contributed by atoms with Crippen molar-refractivity contribution in [2.45, 2.75) is 51.2 Å². The Hall–Kier alpha value is -1.04. The number of carbonyl (C=O) groups is 1. The lowest BCUT2D eigenvalue weighted by molar-refractivity contribution is 0.0714. The van der Waals surface area contributed by atoms with Gasteiger partial charge < -0.3 is 15.5 Å². The number of amides is 1. The Kier molecular flexibility index (Phi) is 7.14. The van der Waals surface area contributed by atoms with Gasteiger partial charge in [-0.25, -0.2) is 0 Å². The summed E-state index contributed by atoms with van der Waals surface area (Å²) in [5.74, 6) is 2.43. The molecule has 0 aliphatic carbocycles. The summed E-state index contributed by atoms with van der Waals surface area (Å²) >= 11 is 1.94. The fourth-order valence-corrected chi connectivity index (χ4v) is 4.14.